The molecule has 5 heteroatoms. The highest BCUT2D eigenvalue weighted by Gasteiger charge is 2.17. The summed E-state index contributed by atoms with van der Waals surface area (Å²) in [5.41, 5.74) is 7.40. The molecule has 0 aromatic heterocycles. The largest absolute Gasteiger partial charge is 0.491 e. The first kappa shape index (κ1) is 17.6. The maximum Gasteiger partial charge on any atom is 0.179 e. The van der Waals surface area contributed by atoms with Crippen LogP contribution < -0.4 is 15.2 Å². The third-order valence-corrected chi connectivity index (χ3v) is 3.97. The smallest absolute Gasteiger partial charge is 0.179 e. The lowest BCUT2D eigenvalue weighted by atomic mass is 9.91. The van der Waals surface area contributed by atoms with E-state index in [1.165, 1.54) is 6.07 Å². The number of ether oxygens (including phenoxy) is 2. The molecule has 124 valence electrons. The molecule has 1 unspecified atom stereocenters. The van der Waals surface area contributed by atoms with Gasteiger partial charge in [-0.1, -0.05) is 29.8 Å². The second-order valence-electron chi connectivity index (χ2n) is 5.20. The van der Waals surface area contributed by atoms with Crippen molar-refractivity contribution in [3.63, 3.8) is 0 Å². The fourth-order valence-corrected chi connectivity index (χ4v) is 2.92. The SMILES string of the molecule is CCOc1cc(CC(CN)c2ccccc2F)cc(Cl)c1OC. The molecule has 0 saturated carbocycles. The van der Waals surface area contributed by atoms with E-state index in [9.17, 15) is 4.39 Å². The number of hydrogen-bond acceptors (Lipinski definition) is 3. The number of methoxy groups -OCH3 is 1. The Balaban J connectivity index is 2.32. The van der Waals surface area contributed by atoms with Gasteiger partial charge in [0.05, 0.1) is 18.7 Å². The molecule has 0 fully saturated rings. The Hall–Kier alpha value is -1.78. The minimum atomic E-state index is -0.243. The Kier molecular flexibility index (Phi) is 6.25. The average Bonchev–Trinajstić information content (AvgIpc) is 2.53. The van der Waals surface area contributed by atoms with Gasteiger partial charge in [0.1, 0.15) is 5.82 Å². The van der Waals surface area contributed by atoms with Crippen molar-refractivity contribution in [2.24, 2.45) is 5.73 Å². The van der Waals surface area contributed by atoms with Gasteiger partial charge in [0.15, 0.2) is 11.5 Å². The molecule has 2 aromatic carbocycles. The highest BCUT2D eigenvalue weighted by molar-refractivity contribution is 6.32. The van der Waals surface area contributed by atoms with Crippen molar-refractivity contribution in [3.8, 4) is 11.5 Å². The first-order chi connectivity index (χ1) is 11.1. The van der Waals surface area contributed by atoms with E-state index in [0.29, 0.717) is 41.7 Å². The van der Waals surface area contributed by atoms with Crippen LogP contribution in [-0.2, 0) is 6.42 Å². The molecule has 23 heavy (non-hydrogen) atoms. The summed E-state index contributed by atoms with van der Waals surface area (Å²) in [4.78, 5) is 0. The minimum absolute atomic E-state index is 0.130. The Morgan fingerprint density at radius 1 is 1.26 bits per heavy atom. The lowest BCUT2D eigenvalue weighted by Crippen LogP contribution is -2.16. The van der Waals surface area contributed by atoms with Crippen molar-refractivity contribution in [3.05, 3.63) is 58.4 Å². The Labute approximate surface area is 141 Å². The van der Waals surface area contributed by atoms with Crippen molar-refractivity contribution >= 4 is 11.6 Å². The topological polar surface area (TPSA) is 44.5 Å². The Bertz CT molecular complexity index is 663. The molecule has 0 spiro atoms. The first-order valence-electron chi connectivity index (χ1n) is 7.54. The minimum Gasteiger partial charge on any atom is -0.491 e. The molecule has 0 amide bonds. The predicted molar refractivity (Wildman–Crippen MR) is 91.1 cm³/mol. The third kappa shape index (κ3) is 4.15. The van der Waals surface area contributed by atoms with E-state index in [4.69, 9.17) is 26.8 Å². The van der Waals surface area contributed by atoms with E-state index < -0.39 is 0 Å². The van der Waals surface area contributed by atoms with Crippen LogP contribution in [0.2, 0.25) is 5.02 Å². The van der Waals surface area contributed by atoms with E-state index in [2.05, 4.69) is 0 Å². The summed E-state index contributed by atoms with van der Waals surface area (Å²) in [6, 6.07) is 10.4. The second kappa shape index (κ2) is 8.18. The van der Waals surface area contributed by atoms with Gasteiger partial charge in [0.2, 0.25) is 0 Å². The van der Waals surface area contributed by atoms with Gasteiger partial charge in [0, 0.05) is 5.92 Å². The van der Waals surface area contributed by atoms with Crippen LogP contribution in [0, 0.1) is 5.82 Å². The fourth-order valence-electron chi connectivity index (χ4n) is 2.61. The van der Waals surface area contributed by atoms with Crippen molar-refractivity contribution in [1.82, 2.24) is 0 Å². The maximum absolute atomic E-state index is 14.0. The van der Waals surface area contributed by atoms with Crippen LogP contribution in [-0.4, -0.2) is 20.3 Å². The summed E-state index contributed by atoms with van der Waals surface area (Å²) < 4.78 is 24.9. The molecule has 0 aliphatic rings. The van der Waals surface area contributed by atoms with Gasteiger partial charge >= 0.3 is 0 Å². The van der Waals surface area contributed by atoms with Crippen LogP contribution >= 0.6 is 11.6 Å². The monoisotopic (exact) mass is 337 g/mol. The van der Waals surface area contributed by atoms with E-state index in [0.717, 1.165) is 5.56 Å². The van der Waals surface area contributed by atoms with Gasteiger partial charge < -0.3 is 15.2 Å². The maximum atomic E-state index is 14.0. The summed E-state index contributed by atoms with van der Waals surface area (Å²) in [6.07, 6.45) is 0.571. The van der Waals surface area contributed by atoms with Gasteiger partial charge in [-0.3, -0.25) is 0 Å². The Morgan fingerprint density at radius 3 is 2.61 bits per heavy atom. The Morgan fingerprint density at radius 2 is 2.00 bits per heavy atom. The molecule has 2 N–H and O–H groups in total. The van der Waals surface area contributed by atoms with Gasteiger partial charge in [-0.2, -0.15) is 0 Å². The van der Waals surface area contributed by atoms with Crippen LogP contribution in [0.15, 0.2) is 36.4 Å². The summed E-state index contributed by atoms with van der Waals surface area (Å²) in [5.74, 6) is 0.719. The zero-order valence-corrected chi connectivity index (χ0v) is 14.1. The molecule has 2 aromatic rings. The summed E-state index contributed by atoms with van der Waals surface area (Å²) in [6.45, 7) is 2.74. The van der Waals surface area contributed by atoms with Crippen molar-refractivity contribution < 1.29 is 13.9 Å². The highest BCUT2D eigenvalue weighted by Crippen LogP contribution is 2.37. The van der Waals surface area contributed by atoms with Crippen LogP contribution in [0.4, 0.5) is 4.39 Å². The van der Waals surface area contributed by atoms with Crippen LogP contribution in [0.3, 0.4) is 0 Å². The molecule has 0 heterocycles. The van der Waals surface area contributed by atoms with Crippen molar-refractivity contribution in [1.29, 1.82) is 0 Å². The van der Waals surface area contributed by atoms with Crippen LogP contribution in [0.5, 0.6) is 11.5 Å². The lowest BCUT2D eigenvalue weighted by Gasteiger charge is -2.18. The van der Waals surface area contributed by atoms with Crippen molar-refractivity contribution in [2.45, 2.75) is 19.3 Å². The number of nitrogens with two attached hydrogens (primary N) is 1. The number of rotatable bonds is 7. The number of benzene rings is 2. The third-order valence-electron chi connectivity index (χ3n) is 3.68. The standard InChI is InChI=1S/C18H21ClFNO2/c1-3-23-17-10-12(9-15(19)18(17)22-2)8-13(11-21)14-6-4-5-7-16(14)20/h4-7,9-10,13H,3,8,11,21H2,1-2H3. The highest BCUT2D eigenvalue weighted by atomic mass is 35.5. The molecule has 0 radical (unpaired) electrons. The van der Waals surface area contributed by atoms with Crippen LogP contribution in [0.1, 0.15) is 24.0 Å². The normalized spacial score (nSPS) is 12.0. The first-order valence-corrected chi connectivity index (χ1v) is 7.92. The molecule has 3 nitrogen and oxygen atoms in total. The fraction of sp³-hybridized carbons (Fsp3) is 0.333. The molecular weight excluding hydrogens is 317 g/mol. The van der Waals surface area contributed by atoms with E-state index in [1.807, 2.05) is 25.1 Å². The number of halogens is 2. The van der Waals surface area contributed by atoms with E-state index in [-0.39, 0.29) is 11.7 Å². The molecule has 0 saturated heterocycles. The lowest BCUT2D eigenvalue weighted by molar-refractivity contribution is 0.310. The molecule has 0 aliphatic heterocycles. The predicted octanol–water partition coefficient (Wildman–Crippen LogP) is 4.17. The molecule has 1 atom stereocenters. The second-order valence-corrected chi connectivity index (χ2v) is 5.61. The van der Waals surface area contributed by atoms with E-state index >= 15 is 0 Å². The summed E-state index contributed by atoms with van der Waals surface area (Å²) in [7, 11) is 1.55. The van der Waals surface area contributed by atoms with Gasteiger partial charge in [0.25, 0.3) is 0 Å². The molecule has 0 bridgehead atoms. The molecular formula is C18H21ClFNO2. The molecule has 2 rings (SSSR count). The van der Waals surface area contributed by atoms with E-state index in [1.54, 1.807) is 19.2 Å². The number of hydrogen-bond donors (Lipinski definition) is 1. The quantitative estimate of drug-likeness (QED) is 0.824. The van der Waals surface area contributed by atoms with Crippen LogP contribution in [0.25, 0.3) is 0 Å². The zero-order chi connectivity index (χ0) is 16.8. The molecule has 0 aliphatic carbocycles. The van der Waals surface area contributed by atoms with Crippen molar-refractivity contribution in [2.75, 3.05) is 20.3 Å². The van der Waals surface area contributed by atoms with Gasteiger partial charge in [-0.15, -0.1) is 0 Å². The zero-order valence-electron chi connectivity index (χ0n) is 13.3. The van der Waals surface area contributed by atoms with Gasteiger partial charge in [-0.25, -0.2) is 4.39 Å². The van der Waals surface area contributed by atoms with Gasteiger partial charge in [-0.05, 0) is 49.2 Å². The summed E-state index contributed by atoms with van der Waals surface area (Å²) >= 11 is 6.26. The summed E-state index contributed by atoms with van der Waals surface area (Å²) in [5, 5.41) is 0.470. The average molecular weight is 338 g/mol.